The Hall–Kier alpha value is -4.02. The molecule has 0 spiro atoms. The van der Waals surface area contributed by atoms with Crippen molar-refractivity contribution in [3.05, 3.63) is 72.1 Å². The number of rotatable bonds is 4. The van der Waals surface area contributed by atoms with E-state index in [1.165, 1.54) is 47.1 Å². The summed E-state index contributed by atoms with van der Waals surface area (Å²) < 4.78 is 57.4. The lowest BCUT2D eigenvalue weighted by molar-refractivity contribution is -0.274. The number of hydrogen-bond donors (Lipinski definition) is 1. The van der Waals surface area contributed by atoms with Crippen molar-refractivity contribution in [1.29, 1.82) is 0 Å². The van der Waals surface area contributed by atoms with Crippen molar-refractivity contribution >= 4 is 17.2 Å². The first kappa shape index (κ1) is 20.3. The summed E-state index contributed by atoms with van der Waals surface area (Å²) in [4.78, 5) is 20.6. The van der Waals surface area contributed by atoms with Crippen molar-refractivity contribution in [2.45, 2.75) is 13.3 Å². The maximum absolute atomic E-state index is 13.9. The Morgan fingerprint density at radius 2 is 1.90 bits per heavy atom. The first-order valence-corrected chi connectivity index (χ1v) is 8.85. The van der Waals surface area contributed by atoms with E-state index >= 15 is 0 Å². The number of imidazole rings is 1. The molecule has 1 aromatic carbocycles. The van der Waals surface area contributed by atoms with Gasteiger partial charge in [-0.1, -0.05) is 12.1 Å². The van der Waals surface area contributed by atoms with Gasteiger partial charge in [-0.3, -0.25) is 9.78 Å². The molecule has 0 unspecified atom stereocenters. The van der Waals surface area contributed by atoms with Crippen molar-refractivity contribution < 1.29 is 27.1 Å². The lowest BCUT2D eigenvalue weighted by Gasteiger charge is -2.13. The van der Waals surface area contributed by atoms with Crippen LogP contribution in [0.25, 0.3) is 16.9 Å². The fraction of sp³-hybridized carbons (Fsp3) is 0.100. The van der Waals surface area contributed by atoms with E-state index in [-0.39, 0.29) is 28.3 Å². The first-order chi connectivity index (χ1) is 14.7. The fourth-order valence-corrected chi connectivity index (χ4v) is 3.00. The summed E-state index contributed by atoms with van der Waals surface area (Å²) in [5.41, 5.74) is 0.692. The molecular weight excluding hydrogens is 418 g/mol. The molecule has 4 aromatic rings. The summed E-state index contributed by atoms with van der Waals surface area (Å²) in [6, 6.07) is 9.75. The number of nitrogens with zero attached hydrogens (tertiary/aromatic N) is 4. The molecule has 0 aliphatic rings. The van der Waals surface area contributed by atoms with E-state index in [4.69, 9.17) is 0 Å². The molecule has 3 heterocycles. The molecule has 0 radical (unpaired) electrons. The number of anilines is 1. The average Bonchev–Trinajstić information content (AvgIpc) is 3.04. The predicted molar refractivity (Wildman–Crippen MR) is 102 cm³/mol. The molecule has 1 N–H and O–H groups in total. The first-order valence-electron chi connectivity index (χ1n) is 8.85. The van der Waals surface area contributed by atoms with E-state index in [2.05, 4.69) is 25.1 Å². The molecule has 1 amide bonds. The number of para-hydroxylation sites is 1. The van der Waals surface area contributed by atoms with E-state index in [1.54, 1.807) is 6.92 Å². The SMILES string of the molecule is Cc1nc2ccc(-c3ccccc3OC(F)(F)F)nn2c1C(=O)Nc1ccncc1F. The molecule has 0 saturated heterocycles. The van der Waals surface area contributed by atoms with Crippen LogP contribution in [0.4, 0.5) is 23.2 Å². The zero-order valence-corrected chi connectivity index (χ0v) is 15.8. The van der Waals surface area contributed by atoms with Crippen LogP contribution in [0.2, 0.25) is 0 Å². The summed E-state index contributed by atoms with van der Waals surface area (Å²) in [5, 5.41) is 6.70. The van der Waals surface area contributed by atoms with Gasteiger partial charge in [0.25, 0.3) is 5.91 Å². The molecule has 11 heteroatoms. The lowest BCUT2D eigenvalue weighted by atomic mass is 10.1. The van der Waals surface area contributed by atoms with Crippen molar-refractivity contribution in [2.24, 2.45) is 0 Å². The van der Waals surface area contributed by atoms with E-state index in [0.717, 1.165) is 12.3 Å². The topological polar surface area (TPSA) is 81.4 Å². The lowest BCUT2D eigenvalue weighted by Crippen LogP contribution is -2.18. The van der Waals surface area contributed by atoms with Gasteiger partial charge in [0.1, 0.15) is 5.75 Å². The standard InChI is InChI=1S/C20H13F4N5O2/c1-11-18(19(30)27-15-8-9-25-10-13(15)21)29-17(26-11)7-6-14(28-29)12-4-2-3-5-16(12)31-20(22,23)24/h2-10H,1H3,(H,25,27,30). The number of aromatic nitrogens is 4. The normalized spacial score (nSPS) is 11.5. The highest BCUT2D eigenvalue weighted by molar-refractivity contribution is 6.04. The smallest absolute Gasteiger partial charge is 0.405 e. The molecular formula is C20H13F4N5O2. The van der Waals surface area contributed by atoms with Gasteiger partial charge < -0.3 is 10.1 Å². The van der Waals surface area contributed by atoms with Gasteiger partial charge in [0.15, 0.2) is 17.2 Å². The van der Waals surface area contributed by atoms with Gasteiger partial charge in [0, 0.05) is 11.8 Å². The zero-order chi connectivity index (χ0) is 22.2. The number of pyridine rings is 1. The summed E-state index contributed by atoms with van der Waals surface area (Å²) in [6.45, 7) is 1.56. The van der Waals surface area contributed by atoms with Gasteiger partial charge in [-0.2, -0.15) is 5.10 Å². The minimum atomic E-state index is -4.88. The summed E-state index contributed by atoms with van der Waals surface area (Å²) in [5.74, 6) is -1.86. The Labute approximate surface area is 172 Å². The predicted octanol–water partition coefficient (Wildman–Crippen LogP) is 4.39. The second-order valence-corrected chi connectivity index (χ2v) is 6.39. The molecule has 7 nitrogen and oxygen atoms in total. The Kier molecular flexibility index (Phi) is 5.01. The van der Waals surface area contributed by atoms with Gasteiger partial charge in [-0.15, -0.1) is 13.2 Å². The van der Waals surface area contributed by atoms with Crippen LogP contribution in [0.1, 0.15) is 16.2 Å². The second-order valence-electron chi connectivity index (χ2n) is 6.39. The highest BCUT2D eigenvalue weighted by atomic mass is 19.4. The molecule has 0 saturated carbocycles. The van der Waals surface area contributed by atoms with Crippen LogP contribution in [-0.4, -0.2) is 31.9 Å². The van der Waals surface area contributed by atoms with Crippen LogP contribution in [-0.2, 0) is 0 Å². The molecule has 4 rings (SSSR count). The van der Waals surface area contributed by atoms with Crippen LogP contribution in [0.3, 0.4) is 0 Å². The van der Waals surface area contributed by atoms with Crippen LogP contribution in [0.15, 0.2) is 54.9 Å². The average molecular weight is 431 g/mol. The van der Waals surface area contributed by atoms with E-state index in [9.17, 15) is 22.4 Å². The third-order valence-electron chi connectivity index (χ3n) is 4.28. The Bertz CT molecular complexity index is 1290. The van der Waals surface area contributed by atoms with Crippen LogP contribution < -0.4 is 10.1 Å². The molecule has 0 aliphatic heterocycles. The molecule has 0 bridgehead atoms. The van der Waals surface area contributed by atoms with E-state index in [1.807, 2.05) is 0 Å². The minimum absolute atomic E-state index is 0.00211. The van der Waals surface area contributed by atoms with E-state index in [0.29, 0.717) is 5.69 Å². The highest BCUT2D eigenvalue weighted by Crippen LogP contribution is 2.33. The third-order valence-corrected chi connectivity index (χ3v) is 4.28. The highest BCUT2D eigenvalue weighted by Gasteiger charge is 2.32. The fourth-order valence-electron chi connectivity index (χ4n) is 3.00. The van der Waals surface area contributed by atoms with Gasteiger partial charge in [-0.25, -0.2) is 13.9 Å². The van der Waals surface area contributed by atoms with Gasteiger partial charge >= 0.3 is 6.36 Å². The molecule has 31 heavy (non-hydrogen) atoms. The molecule has 0 aliphatic carbocycles. The monoisotopic (exact) mass is 431 g/mol. The number of amides is 1. The summed E-state index contributed by atoms with van der Waals surface area (Å²) in [6.07, 6.45) is -2.62. The van der Waals surface area contributed by atoms with Gasteiger partial charge in [-0.05, 0) is 37.3 Å². The number of aryl methyl sites for hydroxylation is 1. The molecule has 158 valence electrons. The van der Waals surface area contributed by atoms with Crippen molar-refractivity contribution in [1.82, 2.24) is 19.6 Å². The second kappa shape index (κ2) is 7.67. The third kappa shape index (κ3) is 4.15. The number of ether oxygens (including phenoxy) is 1. The Balaban J connectivity index is 1.77. The van der Waals surface area contributed by atoms with Gasteiger partial charge in [0.2, 0.25) is 0 Å². The largest absolute Gasteiger partial charge is 0.573 e. The number of nitrogens with one attached hydrogen (secondary N) is 1. The Morgan fingerprint density at radius 1 is 1.13 bits per heavy atom. The maximum Gasteiger partial charge on any atom is 0.573 e. The van der Waals surface area contributed by atoms with Crippen molar-refractivity contribution in [3.63, 3.8) is 0 Å². The van der Waals surface area contributed by atoms with Crippen molar-refractivity contribution in [2.75, 3.05) is 5.32 Å². The van der Waals surface area contributed by atoms with Crippen LogP contribution in [0.5, 0.6) is 5.75 Å². The number of hydrogen-bond acceptors (Lipinski definition) is 5. The maximum atomic E-state index is 13.9. The summed E-state index contributed by atoms with van der Waals surface area (Å²) in [7, 11) is 0. The number of benzene rings is 1. The quantitative estimate of drug-likeness (QED) is 0.485. The number of carbonyl (C=O) groups excluding carboxylic acids is 1. The number of carbonyl (C=O) groups is 1. The number of fused-ring (bicyclic) bond motifs is 1. The van der Waals surface area contributed by atoms with Crippen LogP contribution >= 0.6 is 0 Å². The number of halogens is 4. The molecule has 0 fully saturated rings. The van der Waals surface area contributed by atoms with E-state index < -0.39 is 23.8 Å². The summed E-state index contributed by atoms with van der Waals surface area (Å²) >= 11 is 0. The minimum Gasteiger partial charge on any atom is -0.405 e. The Morgan fingerprint density at radius 3 is 2.65 bits per heavy atom. The van der Waals surface area contributed by atoms with Crippen molar-refractivity contribution in [3.8, 4) is 17.0 Å². The van der Waals surface area contributed by atoms with Crippen LogP contribution in [0, 0.1) is 12.7 Å². The molecule has 0 atom stereocenters. The van der Waals surface area contributed by atoms with Gasteiger partial charge in [0.05, 0.1) is 23.3 Å². The zero-order valence-electron chi connectivity index (χ0n) is 15.8. The number of alkyl halides is 3. The molecule has 3 aromatic heterocycles.